The molecule has 0 spiro atoms. The van der Waals surface area contributed by atoms with E-state index in [0.717, 1.165) is 52.9 Å². The molecule has 0 aliphatic carbocycles. The van der Waals surface area contributed by atoms with Gasteiger partial charge in [-0.25, -0.2) is 9.78 Å². The Morgan fingerprint density at radius 1 is 1.00 bits per heavy atom. The maximum absolute atomic E-state index is 12.8. The normalized spacial score (nSPS) is 12.5. The number of hydrogen-bond acceptors (Lipinski definition) is 7. The minimum Gasteiger partial charge on any atom is -0.497 e. The Kier molecular flexibility index (Phi) is 10.1. The number of nitrogens with one attached hydrogen (secondary N) is 1. The molecule has 2 N–H and O–H groups in total. The molecule has 0 amide bonds. The van der Waals surface area contributed by atoms with E-state index in [0.29, 0.717) is 30.4 Å². The lowest BCUT2D eigenvalue weighted by Gasteiger charge is -2.16. The number of carboxylic acid groups (broad SMARTS) is 1. The summed E-state index contributed by atoms with van der Waals surface area (Å²) in [6.45, 7) is 3.72. The van der Waals surface area contributed by atoms with Crippen LogP contribution < -0.4 is 14.8 Å². The van der Waals surface area contributed by atoms with Gasteiger partial charge in [-0.05, 0) is 67.9 Å². The number of carbonyl (C=O) groups excluding carboxylic acids is 1. The predicted octanol–water partition coefficient (Wildman–Crippen LogP) is 6.67. The molecular formula is C33H31F3N2O6. The van der Waals surface area contributed by atoms with Crippen molar-refractivity contribution in [2.45, 2.75) is 38.9 Å². The van der Waals surface area contributed by atoms with Gasteiger partial charge in [0.1, 0.15) is 23.3 Å². The molecule has 0 fully saturated rings. The molecular weight excluding hydrogens is 577 g/mol. The van der Waals surface area contributed by atoms with Crippen LogP contribution in [0.25, 0.3) is 11.5 Å². The fourth-order valence-electron chi connectivity index (χ4n) is 4.36. The fraction of sp³-hybridized carbons (Fsp3) is 0.242. The summed E-state index contributed by atoms with van der Waals surface area (Å²) < 4.78 is 55.2. The summed E-state index contributed by atoms with van der Waals surface area (Å²) in [5, 5.41) is 12.5. The highest BCUT2D eigenvalue weighted by Gasteiger charge is 2.30. The van der Waals surface area contributed by atoms with Crippen molar-refractivity contribution in [2.75, 3.05) is 13.7 Å². The quantitative estimate of drug-likeness (QED) is 0.128. The smallest absolute Gasteiger partial charge is 0.416 e. The van der Waals surface area contributed by atoms with Crippen LogP contribution in [0, 0.1) is 6.92 Å². The second kappa shape index (κ2) is 13.9. The van der Waals surface area contributed by atoms with Crippen LogP contribution in [0.2, 0.25) is 0 Å². The highest BCUT2D eigenvalue weighted by molar-refractivity contribution is 6.04. The molecule has 0 unspecified atom stereocenters. The molecule has 11 heteroatoms. The molecule has 8 nitrogen and oxygen atoms in total. The molecule has 0 bridgehead atoms. The molecule has 0 saturated carbocycles. The van der Waals surface area contributed by atoms with Crippen LogP contribution >= 0.6 is 0 Å². The van der Waals surface area contributed by atoms with Crippen molar-refractivity contribution in [1.82, 2.24) is 10.3 Å². The Hall–Kier alpha value is -5.06. The first-order chi connectivity index (χ1) is 20.9. The van der Waals surface area contributed by atoms with E-state index in [1.54, 1.807) is 31.4 Å². The average Bonchev–Trinajstić information content (AvgIpc) is 3.37. The maximum atomic E-state index is 12.8. The Labute approximate surface area is 252 Å². The largest absolute Gasteiger partial charge is 0.497 e. The van der Waals surface area contributed by atoms with Crippen LogP contribution in [0.4, 0.5) is 13.2 Å². The molecule has 0 radical (unpaired) electrons. The molecule has 0 saturated heterocycles. The van der Waals surface area contributed by atoms with Crippen LogP contribution in [0.1, 0.15) is 39.9 Å². The molecule has 1 atom stereocenters. The van der Waals surface area contributed by atoms with Crippen LogP contribution in [-0.2, 0) is 23.8 Å². The third kappa shape index (κ3) is 8.50. The predicted molar refractivity (Wildman–Crippen MR) is 157 cm³/mol. The number of carboxylic acids is 1. The van der Waals surface area contributed by atoms with Gasteiger partial charge in [-0.1, -0.05) is 24.3 Å². The van der Waals surface area contributed by atoms with Gasteiger partial charge in [0.15, 0.2) is 5.78 Å². The molecule has 1 heterocycles. The minimum absolute atomic E-state index is 0.0537. The number of rotatable bonds is 13. The number of benzene rings is 3. The first-order valence-corrected chi connectivity index (χ1v) is 13.6. The Balaban J connectivity index is 1.30. The van der Waals surface area contributed by atoms with Crippen LogP contribution in [-0.4, -0.2) is 41.6 Å². The van der Waals surface area contributed by atoms with E-state index >= 15 is 0 Å². The summed E-state index contributed by atoms with van der Waals surface area (Å²) in [6, 6.07) is 17.2. The molecule has 0 aliphatic rings. The van der Waals surface area contributed by atoms with Gasteiger partial charge in [0.05, 0.1) is 25.0 Å². The number of oxazole rings is 1. The number of nitrogens with zero attached hydrogens (tertiary/aromatic N) is 1. The summed E-state index contributed by atoms with van der Waals surface area (Å²) in [5.74, 6) is 0.879. The van der Waals surface area contributed by atoms with Gasteiger partial charge in [0.2, 0.25) is 5.89 Å². The van der Waals surface area contributed by atoms with Gasteiger partial charge in [0.25, 0.3) is 0 Å². The Morgan fingerprint density at radius 2 is 1.64 bits per heavy atom. The van der Waals surface area contributed by atoms with Gasteiger partial charge in [-0.2, -0.15) is 13.2 Å². The SMILES string of the molecule is COc1ccc(-c2nc(CCOc3ccc(C[C@H](NC(C)=CC(=O)c4ccc(C(F)(F)F)cc4)C(=O)O)cc3)c(C)o2)cc1. The van der Waals surface area contributed by atoms with E-state index in [4.69, 9.17) is 13.9 Å². The van der Waals surface area contributed by atoms with Crippen molar-refractivity contribution in [3.63, 3.8) is 0 Å². The zero-order chi connectivity index (χ0) is 31.9. The molecule has 44 heavy (non-hydrogen) atoms. The van der Waals surface area contributed by atoms with E-state index in [9.17, 15) is 27.9 Å². The second-order valence-electron chi connectivity index (χ2n) is 10.00. The molecule has 4 rings (SSSR count). The molecule has 0 aliphatic heterocycles. The third-order valence-electron chi connectivity index (χ3n) is 6.74. The van der Waals surface area contributed by atoms with Crippen molar-refractivity contribution < 1.29 is 41.8 Å². The molecule has 230 valence electrons. The zero-order valence-electron chi connectivity index (χ0n) is 24.3. The Bertz CT molecular complexity index is 1610. The van der Waals surface area contributed by atoms with E-state index in [-0.39, 0.29) is 17.7 Å². The number of methoxy groups -OCH3 is 1. The lowest BCUT2D eigenvalue weighted by molar-refractivity contribution is -0.139. The number of ether oxygens (including phenoxy) is 2. The summed E-state index contributed by atoms with van der Waals surface area (Å²) in [5.41, 5.74) is 1.79. The number of aryl methyl sites for hydroxylation is 1. The second-order valence-corrected chi connectivity index (χ2v) is 10.00. The van der Waals surface area contributed by atoms with E-state index in [1.807, 2.05) is 31.2 Å². The monoisotopic (exact) mass is 608 g/mol. The number of ketones is 1. The topological polar surface area (TPSA) is 111 Å². The summed E-state index contributed by atoms with van der Waals surface area (Å²) in [4.78, 5) is 29.0. The van der Waals surface area contributed by atoms with Gasteiger partial charge in [-0.15, -0.1) is 0 Å². The Morgan fingerprint density at radius 3 is 2.23 bits per heavy atom. The lowest BCUT2D eigenvalue weighted by atomic mass is 10.0. The number of carbonyl (C=O) groups is 2. The minimum atomic E-state index is -4.51. The van der Waals surface area contributed by atoms with Gasteiger partial charge in [-0.3, -0.25) is 4.79 Å². The van der Waals surface area contributed by atoms with E-state index < -0.39 is 29.5 Å². The van der Waals surface area contributed by atoms with E-state index in [2.05, 4.69) is 10.3 Å². The summed E-state index contributed by atoms with van der Waals surface area (Å²) in [7, 11) is 1.60. The number of aromatic nitrogens is 1. The van der Waals surface area contributed by atoms with Crippen molar-refractivity contribution in [2.24, 2.45) is 0 Å². The van der Waals surface area contributed by atoms with Crippen molar-refractivity contribution >= 4 is 11.8 Å². The number of aliphatic carboxylic acids is 1. The standard InChI is InChI=1S/C33H31F3N2O6/c1-20(18-30(39)23-6-10-25(11-7-23)33(34,35)36)37-29(32(40)41)19-22-4-12-27(13-5-22)43-17-16-28-21(2)44-31(38-28)24-8-14-26(42-3)15-9-24/h4-15,18,29,37H,16-17,19H2,1-3H3,(H,40,41)/t29-/m0/s1. The maximum Gasteiger partial charge on any atom is 0.416 e. The lowest BCUT2D eigenvalue weighted by Crippen LogP contribution is -2.37. The van der Waals surface area contributed by atoms with E-state index in [1.165, 1.54) is 6.92 Å². The third-order valence-corrected chi connectivity index (χ3v) is 6.74. The molecule has 1 aromatic heterocycles. The van der Waals surface area contributed by atoms with Gasteiger partial charge in [0, 0.05) is 35.7 Å². The molecule has 4 aromatic rings. The van der Waals surface area contributed by atoms with Crippen molar-refractivity contribution in [1.29, 1.82) is 0 Å². The van der Waals surface area contributed by atoms with Gasteiger partial charge >= 0.3 is 12.1 Å². The highest BCUT2D eigenvalue weighted by Crippen LogP contribution is 2.29. The summed E-state index contributed by atoms with van der Waals surface area (Å²) >= 11 is 0. The highest BCUT2D eigenvalue weighted by atomic mass is 19.4. The number of hydrogen-bond donors (Lipinski definition) is 2. The van der Waals surface area contributed by atoms with Crippen molar-refractivity contribution in [3.8, 4) is 23.0 Å². The van der Waals surface area contributed by atoms with Crippen LogP contribution in [0.3, 0.4) is 0 Å². The number of alkyl halides is 3. The first kappa shape index (κ1) is 31.9. The van der Waals surface area contributed by atoms with Crippen LogP contribution in [0.5, 0.6) is 11.5 Å². The number of allylic oxidation sites excluding steroid dienone is 2. The van der Waals surface area contributed by atoms with Crippen LogP contribution in [0.15, 0.2) is 89.0 Å². The average molecular weight is 609 g/mol. The van der Waals surface area contributed by atoms with Gasteiger partial charge < -0.3 is 24.3 Å². The van der Waals surface area contributed by atoms with Crippen molar-refractivity contribution in [3.05, 3.63) is 113 Å². The number of halogens is 3. The summed E-state index contributed by atoms with van der Waals surface area (Å²) in [6.07, 6.45) is -2.71. The first-order valence-electron chi connectivity index (χ1n) is 13.6. The zero-order valence-corrected chi connectivity index (χ0v) is 24.3. The molecule has 3 aromatic carbocycles. The fourth-order valence-corrected chi connectivity index (χ4v) is 4.36.